The molecule has 0 saturated carbocycles. The Balaban J connectivity index is 1.60. The fourth-order valence-corrected chi connectivity index (χ4v) is 4.89. The Hall–Kier alpha value is -2.37. The summed E-state index contributed by atoms with van der Waals surface area (Å²) in [6.07, 6.45) is 2.17. The van der Waals surface area contributed by atoms with E-state index in [4.69, 9.17) is 4.74 Å². The fraction of sp³-hybridized carbons (Fsp3) is 0.348. The molecule has 2 aromatic carbocycles. The second kappa shape index (κ2) is 8.76. The SMILES string of the molecule is CCOC(=O)c1cc2c(N3CCNCC3CCc3ccccc3)cccc2s1. The number of benzene rings is 2. The molecule has 1 aliphatic rings. The molecule has 4 nitrogen and oxygen atoms in total. The van der Waals surface area contributed by atoms with E-state index < -0.39 is 0 Å². The molecule has 0 bridgehead atoms. The van der Waals surface area contributed by atoms with Crippen molar-refractivity contribution < 1.29 is 9.53 Å². The molecule has 0 aliphatic carbocycles. The first-order valence-electron chi connectivity index (χ1n) is 9.97. The lowest BCUT2D eigenvalue weighted by Gasteiger charge is -2.38. The van der Waals surface area contributed by atoms with Gasteiger partial charge in [-0.15, -0.1) is 11.3 Å². The Morgan fingerprint density at radius 1 is 1.21 bits per heavy atom. The van der Waals surface area contributed by atoms with Gasteiger partial charge in [-0.2, -0.15) is 0 Å². The molecular weight excluding hydrogens is 368 g/mol. The number of piperazine rings is 1. The van der Waals surface area contributed by atoms with Crippen molar-refractivity contribution in [1.29, 1.82) is 0 Å². The van der Waals surface area contributed by atoms with Gasteiger partial charge in [0.1, 0.15) is 4.88 Å². The molecule has 1 saturated heterocycles. The molecule has 1 atom stereocenters. The van der Waals surface area contributed by atoms with E-state index >= 15 is 0 Å². The zero-order chi connectivity index (χ0) is 19.3. The zero-order valence-electron chi connectivity index (χ0n) is 16.2. The number of fused-ring (bicyclic) bond motifs is 1. The lowest BCUT2D eigenvalue weighted by molar-refractivity contribution is 0.0532. The topological polar surface area (TPSA) is 41.6 Å². The standard InChI is InChI=1S/C23H26N2O2S/c1-2-27-23(26)22-15-19-20(9-6-10-21(19)28-22)25-14-13-24-16-18(25)12-11-17-7-4-3-5-8-17/h3-10,15,18,24H,2,11-14,16H2,1H3. The Labute approximate surface area is 170 Å². The maximum atomic E-state index is 12.2. The lowest BCUT2D eigenvalue weighted by Crippen LogP contribution is -2.51. The lowest BCUT2D eigenvalue weighted by atomic mass is 10.0. The summed E-state index contributed by atoms with van der Waals surface area (Å²) in [5.41, 5.74) is 2.61. The van der Waals surface area contributed by atoms with Gasteiger partial charge < -0.3 is 15.0 Å². The third kappa shape index (κ3) is 4.05. The third-order valence-corrected chi connectivity index (χ3v) is 6.36. The molecule has 4 rings (SSSR count). The summed E-state index contributed by atoms with van der Waals surface area (Å²) in [7, 11) is 0. The van der Waals surface area contributed by atoms with Crippen LogP contribution >= 0.6 is 11.3 Å². The van der Waals surface area contributed by atoms with Gasteiger partial charge in [-0.25, -0.2) is 4.79 Å². The van der Waals surface area contributed by atoms with Crippen molar-refractivity contribution in [3.05, 3.63) is 65.0 Å². The average Bonchev–Trinajstić information content (AvgIpc) is 3.18. The maximum absolute atomic E-state index is 12.2. The van der Waals surface area contributed by atoms with Gasteiger partial charge in [-0.3, -0.25) is 0 Å². The molecule has 0 spiro atoms. The molecule has 0 amide bonds. The summed E-state index contributed by atoms with van der Waals surface area (Å²) in [5.74, 6) is -0.226. The molecule has 28 heavy (non-hydrogen) atoms. The number of thiophene rings is 1. The zero-order valence-corrected chi connectivity index (χ0v) is 17.0. The van der Waals surface area contributed by atoms with Gasteiger partial charge in [0.15, 0.2) is 0 Å². The quantitative estimate of drug-likeness (QED) is 0.626. The van der Waals surface area contributed by atoms with Crippen molar-refractivity contribution in [2.24, 2.45) is 0 Å². The van der Waals surface area contributed by atoms with Crippen LogP contribution in [0.3, 0.4) is 0 Å². The predicted molar refractivity (Wildman–Crippen MR) is 117 cm³/mol. The largest absolute Gasteiger partial charge is 0.462 e. The summed E-state index contributed by atoms with van der Waals surface area (Å²) in [6, 6.07) is 19.5. The van der Waals surface area contributed by atoms with Crippen molar-refractivity contribution >= 4 is 33.1 Å². The Morgan fingerprint density at radius 2 is 2.07 bits per heavy atom. The minimum Gasteiger partial charge on any atom is -0.462 e. The van der Waals surface area contributed by atoms with E-state index in [9.17, 15) is 4.79 Å². The molecule has 5 heteroatoms. The smallest absolute Gasteiger partial charge is 0.348 e. The van der Waals surface area contributed by atoms with E-state index in [1.807, 2.05) is 13.0 Å². The Kier molecular flexibility index (Phi) is 5.93. The molecule has 1 aromatic heterocycles. The highest BCUT2D eigenvalue weighted by atomic mass is 32.1. The highest BCUT2D eigenvalue weighted by molar-refractivity contribution is 7.20. The van der Waals surface area contributed by atoms with Crippen LogP contribution in [-0.2, 0) is 11.2 Å². The van der Waals surface area contributed by atoms with Gasteiger partial charge in [0.05, 0.1) is 6.61 Å². The molecule has 1 N–H and O–H groups in total. The van der Waals surface area contributed by atoms with Crippen LogP contribution in [0.4, 0.5) is 5.69 Å². The number of hydrogen-bond acceptors (Lipinski definition) is 5. The van der Waals surface area contributed by atoms with Crippen molar-refractivity contribution in [1.82, 2.24) is 5.32 Å². The maximum Gasteiger partial charge on any atom is 0.348 e. The van der Waals surface area contributed by atoms with Crippen molar-refractivity contribution in [3.63, 3.8) is 0 Å². The van der Waals surface area contributed by atoms with E-state index in [1.54, 1.807) is 0 Å². The highest BCUT2D eigenvalue weighted by Gasteiger charge is 2.24. The number of carbonyl (C=O) groups excluding carboxylic acids is 1. The van der Waals surface area contributed by atoms with Crippen molar-refractivity contribution in [3.8, 4) is 0 Å². The van der Waals surface area contributed by atoms with Crippen molar-refractivity contribution in [2.45, 2.75) is 25.8 Å². The van der Waals surface area contributed by atoms with Crippen LogP contribution in [0.2, 0.25) is 0 Å². The number of anilines is 1. The molecule has 3 aromatic rings. The van der Waals surface area contributed by atoms with Gasteiger partial charge in [-0.1, -0.05) is 36.4 Å². The molecule has 1 unspecified atom stereocenters. The van der Waals surface area contributed by atoms with E-state index in [2.05, 4.69) is 58.7 Å². The van der Waals surface area contributed by atoms with Crippen LogP contribution in [0, 0.1) is 0 Å². The summed E-state index contributed by atoms with van der Waals surface area (Å²) in [5, 5.41) is 4.70. The normalized spacial score (nSPS) is 17.0. The second-order valence-corrected chi connectivity index (χ2v) is 8.18. The first-order valence-corrected chi connectivity index (χ1v) is 10.8. The van der Waals surface area contributed by atoms with Crippen LogP contribution in [0.15, 0.2) is 54.6 Å². The summed E-state index contributed by atoms with van der Waals surface area (Å²) >= 11 is 1.52. The van der Waals surface area contributed by atoms with Crippen LogP contribution in [0.25, 0.3) is 10.1 Å². The minimum absolute atomic E-state index is 0.226. The molecule has 1 fully saturated rings. The number of nitrogens with zero attached hydrogens (tertiary/aromatic N) is 1. The van der Waals surface area contributed by atoms with E-state index in [-0.39, 0.29) is 5.97 Å². The van der Waals surface area contributed by atoms with Crippen molar-refractivity contribution in [2.75, 3.05) is 31.1 Å². The number of hydrogen-bond donors (Lipinski definition) is 1. The summed E-state index contributed by atoms with van der Waals surface area (Å²) in [6.45, 7) is 5.18. The number of esters is 1. The van der Waals surface area contributed by atoms with Crippen LogP contribution in [0.5, 0.6) is 0 Å². The monoisotopic (exact) mass is 394 g/mol. The Morgan fingerprint density at radius 3 is 2.89 bits per heavy atom. The highest BCUT2D eigenvalue weighted by Crippen LogP contribution is 2.35. The number of carbonyl (C=O) groups is 1. The number of ether oxygens (including phenoxy) is 1. The Bertz CT molecular complexity index is 938. The average molecular weight is 395 g/mol. The van der Waals surface area contributed by atoms with Gasteiger partial charge in [0.25, 0.3) is 0 Å². The number of nitrogens with one attached hydrogen (secondary N) is 1. The minimum atomic E-state index is -0.226. The fourth-order valence-electron chi connectivity index (χ4n) is 3.91. The van der Waals surface area contributed by atoms with E-state index in [1.165, 1.54) is 22.6 Å². The van der Waals surface area contributed by atoms with Gasteiger partial charge in [0.2, 0.25) is 0 Å². The van der Waals surface area contributed by atoms with Crippen LogP contribution < -0.4 is 10.2 Å². The molecular formula is C23H26N2O2S. The first-order chi connectivity index (χ1) is 13.8. The molecule has 0 radical (unpaired) electrons. The van der Waals surface area contributed by atoms with E-state index in [0.29, 0.717) is 17.5 Å². The number of aryl methyl sites for hydroxylation is 1. The predicted octanol–water partition coefficient (Wildman–Crippen LogP) is 4.49. The molecule has 146 valence electrons. The van der Waals surface area contributed by atoms with Gasteiger partial charge in [0, 0.05) is 41.4 Å². The number of rotatable bonds is 6. The van der Waals surface area contributed by atoms with Gasteiger partial charge >= 0.3 is 5.97 Å². The third-order valence-electron chi connectivity index (χ3n) is 5.28. The van der Waals surface area contributed by atoms with E-state index in [0.717, 1.165) is 42.6 Å². The summed E-state index contributed by atoms with van der Waals surface area (Å²) < 4.78 is 6.34. The molecule has 1 aliphatic heterocycles. The summed E-state index contributed by atoms with van der Waals surface area (Å²) in [4.78, 5) is 15.4. The van der Waals surface area contributed by atoms with Gasteiger partial charge in [-0.05, 0) is 43.5 Å². The second-order valence-electron chi connectivity index (χ2n) is 7.10. The first kappa shape index (κ1) is 19.0. The van der Waals surface area contributed by atoms with Crippen LogP contribution in [-0.4, -0.2) is 38.3 Å². The molecule has 2 heterocycles. The van der Waals surface area contributed by atoms with Crippen LogP contribution in [0.1, 0.15) is 28.6 Å².